The van der Waals surface area contributed by atoms with E-state index >= 15 is 0 Å². The number of nitrogens with two attached hydrogens (primary N) is 1. The van der Waals surface area contributed by atoms with E-state index in [2.05, 4.69) is 12.6 Å². The molecule has 1 aliphatic carbocycles. The van der Waals surface area contributed by atoms with Crippen LogP contribution in [0.5, 0.6) is 0 Å². The van der Waals surface area contributed by atoms with Crippen LogP contribution in [0, 0.1) is 0 Å². The first-order valence-corrected chi connectivity index (χ1v) is 4.08. The summed E-state index contributed by atoms with van der Waals surface area (Å²) in [5, 5.41) is 0. The van der Waals surface area contributed by atoms with E-state index in [1.807, 2.05) is 36.5 Å². The van der Waals surface area contributed by atoms with Crippen molar-refractivity contribution in [3.8, 4) is 0 Å². The van der Waals surface area contributed by atoms with Crippen LogP contribution in [0.2, 0.25) is 0 Å². The first-order chi connectivity index (χ1) is 5.33. The van der Waals surface area contributed by atoms with Crippen LogP contribution in [0.3, 0.4) is 0 Å². The Morgan fingerprint density at radius 2 is 1.91 bits per heavy atom. The highest BCUT2D eigenvalue weighted by molar-refractivity contribution is 7.80. The minimum Gasteiger partial charge on any atom is -0.399 e. The molecule has 0 aromatic carbocycles. The second kappa shape index (κ2) is 4.09. The Bertz CT molecular complexity index is 246. The number of thiol groups is 1. The van der Waals surface area contributed by atoms with Gasteiger partial charge in [-0.05, 0) is 17.7 Å². The standard InChI is InChI=1S/C9H11NS/c10-9-4-2-1-3-8(7-11)5-6-9/h1-6,11H,7,10H2/b2-1?,3-1-,4-2?,6-5?,8-3?,8-5+,9-4?,9-6?. The summed E-state index contributed by atoms with van der Waals surface area (Å²) in [6.07, 6.45) is 11.6. The molecule has 0 unspecified atom stereocenters. The molecule has 0 saturated heterocycles. The van der Waals surface area contributed by atoms with Crippen molar-refractivity contribution in [2.75, 3.05) is 5.75 Å². The highest BCUT2D eigenvalue weighted by atomic mass is 32.1. The van der Waals surface area contributed by atoms with E-state index in [9.17, 15) is 0 Å². The molecule has 0 fully saturated rings. The van der Waals surface area contributed by atoms with Gasteiger partial charge in [-0.25, -0.2) is 0 Å². The lowest BCUT2D eigenvalue weighted by Crippen LogP contribution is -1.92. The van der Waals surface area contributed by atoms with Crippen molar-refractivity contribution in [2.45, 2.75) is 0 Å². The van der Waals surface area contributed by atoms with Gasteiger partial charge in [0, 0.05) is 11.4 Å². The lowest BCUT2D eigenvalue weighted by molar-refractivity contribution is 1.40. The Morgan fingerprint density at radius 3 is 2.64 bits per heavy atom. The van der Waals surface area contributed by atoms with Crippen LogP contribution in [0.25, 0.3) is 0 Å². The van der Waals surface area contributed by atoms with Crippen LogP contribution < -0.4 is 5.73 Å². The summed E-state index contributed by atoms with van der Waals surface area (Å²) >= 11 is 4.16. The molecule has 0 aromatic heterocycles. The monoisotopic (exact) mass is 165 g/mol. The van der Waals surface area contributed by atoms with Gasteiger partial charge >= 0.3 is 0 Å². The Labute approximate surface area is 72.4 Å². The molecule has 2 N–H and O–H groups in total. The van der Waals surface area contributed by atoms with Crippen molar-refractivity contribution in [3.05, 3.63) is 47.7 Å². The first-order valence-electron chi connectivity index (χ1n) is 3.45. The van der Waals surface area contributed by atoms with Crippen LogP contribution in [-0.2, 0) is 0 Å². The molecule has 0 radical (unpaired) electrons. The highest BCUT2D eigenvalue weighted by Gasteiger charge is 1.88. The van der Waals surface area contributed by atoms with Crippen LogP contribution in [0.15, 0.2) is 47.7 Å². The fourth-order valence-corrected chi connectivity index (χ4v) is 0.976. The summed E-state index contributed by atoms with van der Waals surface area (Å²) in [4.78, 5) is 0. The smallest absolute Gasteiger partial charge is 0.0314 e. The van der Waals surface area contributed by atoms with Crippen molar-refractivity contribution >= 4 is 12.6 Å². The van der Waals surface area contributed by atoms with Gasteiger partial charge in [0.25, 0.3) is 0 Å². The van der Waals surface area contributed by atoms with Crippen molar-refractivity contribution in [1.82, 2.24) is 0 Å². The topological polar surface area (TPSA) is 26.0 Å². The predicted octanol–water partition coefficient (Wildman–Crippen LogP) is 1.81. The molecule has 1 aliphatic rings. The van der Waals surface area contributed by atoms with Crippen LogP contribution >= 0.6 is 12.6 Å². The zero-order chi connectivity index (χ0) is 8.10. The van der Waals surface area contributed by atoms with E-state index in [4.69, 9.17) is 5.73 Å². The largest absolute Gasteiger partial charge is 0.399 e. The van der Waals surface area contributed by atoms with Gasteiger partial charge in [-0.1, -0.05) is 24.3 Å². The van der Waals surface area contributed by atoms with Crippen LogP contribution in [0.1, 0.15) is 0 Å². The Hall–Kier alpha value is -0.890. The maximum atomic E-state index is 5.59. The van der Waals surface area contributed by atoms with E-state index < -0.39 is 0 Å². The summed E-state index contributed by atoms with van der Waals surface area (Å²) in [5.41, 5.74) is 7.53. The van der Waals surface area contributed by atoms with Gasteiger partial charge in [0.05, 0.1) is 0 Å². The lowest BCUT2D eigenvalue weighted by Gasteiger charge is -1.96. The molecular formula is C9H11NS. The molecule has 1 rings (SSSR count). The summed E-state index contributed by atoms with van der Waals surface area (Å²) in [6, 6.07) is 0. The minimum atomic E-state index is 0.744. The fraction of sp³-hybridized carbons (Fsp3) is 0.111. The number of rotatable bonds is 1. The van der Waals surface area contributed by atoms with Gasteiger partial charge in [-0.15, -0.1) is 0 Å². The Morgan fingerprint density at radius 1 is 1.18 bits per heavy atom. The first kappa shape index (κ1) is 8.21. The average molecular weight is 165 g/mol. The second-order valence-electron chi connectivity index (χ2n) is 2.28. The molecule has 0 aliphatic heterocycles. The molecule has 0 spiro atoms. The molecule has 0 heterocycles. The van der Waals surface area contributed by atoms with Crippen molar-refractivity contribution in [1.29, 1.82) is 0 Å². The van der Waals surface area contributed by atoms with E-state index in [-0.39, 0.29) is 0 Å². The molecule has 11 heavy (non-hydrogen) atoms. The molecular weight excluding hydrogens is 154 g/mol. The van der Waals surface area contributed by atoms with E-state index in [0.29, 0.717) is 0 Å². The van der Waals surface area contributed by atoms with Gasteiger partial charge in [0.2, 0.25) is 0 Å². The molecule has 0 saturated carbocycles. The molecule has 1 nitrogen and oxygen atoms in total. The van der Waals surface area contributed by atoms with Crippen LogP contribution in [-0.4, -0.2) is 5.75 Å². The van der Waals surface area contributed by atoms with Crippen LogP contribution in [0.4, 0.5) is 0 Å². The van der Waals surface area contributed by atoms with Gasteiger partial charge in [-0.2, -0.15) is 12.6 Å². The molecule has 0 atom stereocenters. The van der Waals surface area contributed by atoms with Gasteiger partial charge in [0.15, 0.2) is 0 Å². The molecule has 0 amide bonds. The number of allylic oxidation sites excluding steroid dienone is 6. The second-order valence-corrected chi connectivity index (χ2v) is 2.60. The molecule has 0 aromatic rings. The molecule has 0 bridgehead atoms. The third-order valence-corrected chi connectivity index (χ3v) is 1.75. The number of hydrogen-bond donors (Lipinski definition) is 2. The fourth-order valence-electron chi connectivity index (χ4n) is 0.766. The Kier molecular flexibility index (Phi) is 3.05. The highest BCUT2D eigenvalue weighted by Crippen LogP contribution is 2.04. The number of hydrogen-bond acceptors (Lipinski definition) is 2. The van der Waals surface area contributed by atoms with Gasteiger partial charge in [0.1, 0.15) is 0 Å². The summed E-state index contributed by atoms with van der Waals surface area (Å²) < 4.78 is 0. The van der Waals surface area contributed by atoms with E-state index in [0.717, 1.165) is 11.4 Å². The van der Waals surface area contributed by atoms with Gasteiger partial charge < -0.3 is 5.73 Å². The van der Waals surface area contributed by atoms with Crippen molar-refractivity contribution in [3.63, 3.8) is 0 Å². The predicted molar refractivity (Wildman–Crippen MR) is 52.5 cm³/mol. The zero-order valence-electron chi connectivity index (χ0n) is 6.20. The zero-order valence-corrected chi connectivity index (χ0v) is 7.09. The quantitative estimate of drug-likeness (QED) is 0.569. The normalized spacial score (nSPS) is 24.5. The lowest BCUT2D eigenvalue weighted by atomic mass is 10.2. The van der Waals surface area contributed by atoms with Crippen molar-refractivity contribution < 1.29 is 0 Å². The summed E-state index contributed by atoms with van der Waals surface area (Å²) in [7, 11) is 0. The summed E-state index contributed by atoms with van der Waals surface area (Å²) in [5.74, 6) is 0.744. The Balaban J connectivity index is 2.84. The van der Waals surface area contributed by atoms with Gasteiger partial charge in [-0.3, -0.25) is 0 Å². The van der Waals surface area contributed by atoms with E-state index in [1.54, 1.807) is 0 Å². The maximum Gasteiger partial charge on any atom is 0.0314 e. The minimum absolute atomic E-state index is 0.744. The van der Waals surface area contributed by atoms with E-state index in [1.165, 1.54) is 5.57 Å². The van der Waals surface area contributed by atoms with Crippen molar-refractivity contribution in [2.24, 2.45) is 5.73 Å². The molecule has 58 valence electrons. The molecule has 2 heteroatoms. The average Bonchev–Trinajstić information content (AvgIpc) is 1.98. The summed E-state index contributed by atoms with van der Waals surface area (Å²) in [6.45, 7) is 0. The maximum absolute atomic E-state index is 5.59. The third-order valence-electron chi connectivity index (χ3n) is 1.38. The third kappa shape index (κ3) is 2.68. The SMILES string of the molecule is NC1=C/C=C(CS)\C=C/C=C1.